The van der Waals surface area contributed by atoms with Crippen LogP contribution in [0.25, 0.3) is 16.7 Å². The highest BCUT2D eigenvalue weighted by molar-refractivity contribution is 5.84. The van der Waals surface area contributed by atoms with Crippen molar-refractivity contribution >= 4 is 22.8 Å². The Morgan fingerprint density at radius 3 is 2.62 bits per heavy atom. The van der Waals surface area contributed by atoms with Gasteiger partial charge in [-0.1, -0.05) is 30.3 Å². The maximum atomic E-state index is 12.1. The van der Waals surface area contributed by atoms with E-state index in [9.17, 15) is 4.79 Å². The molecule has 6 heteroatoms. The van der Waals surface area contributed by atoms with Gasteiger partial charge in [-0.15, -0.1) is 0 Å². The van der Waals surface area contributed by atoms with E-state index in [-0.39, 0.29) is 6.09 Å². The van der Waals surface area contributed by atoms with Gasteiger partial charge in [-0.2, -0.15) is 0 Å². The van der Waals surface area contributed by atoms with Crippen LogP contribution in [0.2, 0.25) is 0 Å². The highest BCUT2D eigenvalue weighted by Gasteiger charge is 2.26. The first kappa shape index (κ1) is 17.8. The van der Waals surface area contributed by atoms with Crippen molar-refractivity contribution in [3.63, 3.8) is 0 Å². The van der Waals surface area contributed by atoms with Crippen LogP contribution in [0.3, 0.4) is 0 Å². The van der Waals surface area contributed by atoms with Crippen molar-refractivity contribution in [2.75, 3.05) is 32.8 Å². The number of ether oxygens (including phenoxy) is 1. The Balaban J connectivity index is 1.63. The predicted molar refractivity (Wildman–Crippen MR) is 112 cm³/mol. The largest absolute Gasteiger partial charge is 0.450 e. The first-order valence-corrected chi connectivity index (χ1v) is 10.2. The summed E-state index contributed by atoms with van der Waals surface area (Å²) in [5.74, 6) is 1.15. The fourth-order valence-corrected chi connectivity index (χ4v) is 4.29. The van der Waals surface area contributed by atoms with Crippen molar-refractivity contribution in [1.82, 2.24) is 14.4 Å². The number of nitrogens with zero attached hydrogens (tertiary/aromatic N) is 4. The van der Waals surface area contributed by atoms with Gasteiger partial charge in [0.15, 0.2) is 0 Å². The third-order valence-electron chi connectivity index (χ3n) is 5.66. The summed E-state index contributed by atoms with van der Waals surface area (Å²) in [6, 6.07) is 19.1. The van der Waals surface area contributed by atoms with E-state index >= 15 is 0 Å². The van der Waals surface area contributed by atoms with Crippen LogP contribution < -0.4 is 10.6 Å². The van der Waals surface area contributed by atoms with E-state index < -0.39 is 0 Å². The molecular weight excluding hydrogens is 364 g/mol. The van der Waals surface area contributed by atoms with Crippen LogP contribution in [-0.4, -0.2) is 53.2 Å². The molecule has 0 unspecified atom stereocenters. The third-order valence-corrected chi connectivity index (χ3v) is 5.66. The molecule has 0 saturated carbocycles. The number of fused-ring (bicyclic) bond motifs is 4. The van der Waals surface area contributed by atoms with Crippen molar-refractivity contribution in [3.05, 3.63) is 70.9 Å². The highest BCUT2D eigenvalue weighted by atomic mass is 16.6. The standard InChI is InChI=1S/C23H24N4O2/c1-2-29-23(28)26-13-11-25(12-14-26)22-19-8-4-5-9-20(19)24-16-18-15-17-7-3-6-10-21(17)27(18)22/h3-10,15H,2,11-14,16H2,1H3. The molecule has 2 aromatic carbocycles. The molecule has 0 radical (unpaired) electrons. The lowest BCUT2D eigenvalue weighted by atomic mass is 10.2. The topological polar surface area (TPSA) is 50.1 Å². The monoisotopic (exact) mass is 388 g/mol. The molecule has 1 fully saturated rings. The van der Waals surface area contributed by atoms with Crippen LogP contribution in [0.4, 0.5) is 4.79 Å². The zero-order valence-corrected chi connectivity index (χ0v) is 16.5. The zero-order valence-electron chi connectivity index (χ0n) is 16.5. The lowest BCUT2D eigenvalue weighted by Crippen LogP contribution is -2.50. The number of carbonyl (C=O) groups is 1. The maximum absolute atomic E-state index is 12.1. The zero-order chi connectivity index (χ0) is 19.8. The van der Waals surface area contributed by atoms with Gasteiger partial charge in [0.1, 0.15) is 5.82 Å². The van der Waals surface area contributed by atoms with E-state index in [0.717, 1.165) is 29.5 Å². The van der Waals surface area contributed by atoms with Gasteiger partial charge in [0.25, 0.3) is 0 Å². The molecule has 1 saturated heterocycles. The van der Waals surface area contributed by atoms with Crippen LogP contribution in [0, 0.1) is 0 Å². The van der Waals surface area contributed by atoms with Gasteiger partial charge in [0, 0.05) is 42.5 Å². The molecule has 3 heterocycles. The van der Waals surface area contributed by atoms with Crippen LogP contribution in [0.1, 0.15) is 12.6 Å². The number of hydrogen-bond donors (Lipinski definition) is 0. The minimum Gasteiger partial charge on any atom is -0.450 e. The van der Waals surface area contributed by atoms with Gasteiger partial charge in [0.2, 0.25) is 0 Å². The molecule has 0 spiro atoms. The number of piperazine rings is 1. The van der Waals surface area contributed by atoms with Gasteiger partial charge in [-0.05, 0) is 31.2 Å². The minimum atomic E-state index is -0.222. The molecule has 3 aromatic rings. The van der Waals surface area contributed by atoms with E-state index in [1.165, 1.54) is 16.6 Å². The normalized spacial score (nSPS) is 16.1. The second kappa shape index (κ2) is 7.28. The Kier molecular flexibility index (Phi) is 4.46. The number of rotatable bonds is 2. The maximum Gasteiger partial charge on any atom is 0.409 e. The summed E-state index contributed by atoms with van der Waals surface area (Å²) in [5, 5.41) is 3.38. The first-order valence-electron chi connectivity index (χ1n) is 10.2. The Bertz CT molecular complexity index is 1190. The Hall–Kier alpha value is -3.28. The van der Waals surface area contributed by atoms with E-state index in [2.05, 4.69) is 58.0 Å². The van der Waals surface area contributed by atoms with Gasteiger partial charge >= 0.3 is 6.09 Å². The smallest absolute Gasteiger partial charge is 0.409 e. The summed E-state index contributed by atoms with van der Waals surface area (Å²) in [7, 11) is 0. The predicted octanol–water partition coefficient (Wildman–Crippen LogP) is 2.16. The molecule has 2 aliphatic rings. The molecule has 2 aliphatic heterocycles. The molecule has 1 aromatic heterocycles. The summed E-state index contributed by atoms with van der Waals surface area (Å²) >= 11 is 0. The van der Waals surface area contributed by atoms with Crippen LogP contribution in [0.5, 0.6) is 0 Å². The van der Waals surface area contributed by atoms with Crippen molar-refractivity contribution in [2.45, 2.75) is 13.5 Å². The number of aromatic nitrogens is 1. The van der Waals surface area contributed by atoms with Crippen molar-refractivity contribution in [3.8, 4) is 0 Å². The van der Waals surface area contributed by atoms with Gasteiger partial charge in [-0.25, -0.2) is 4.79 Å². The van der Waals surface area contributed by atoms with E-state index in [1.54, 1.807) is 4.90 Å². The fourth-order valence-electron chi connectivity index (χ4n) is 4.29. The van der Waals surface area contributed by atoms with Crippen molar-refractivity contribution in [1.29, 1.82) is 0 Å². The number of benzene rings is 2. The second-order valence-electron chi connectivity index (χ2n) is 7.36. The van der Waals surface area contributed by atoms with E-state index in [4.69, 9.17) is 9.73 Å². The van der Waals surface area contributed by atoms with Gasteiger partial charge < -0.3 is 14.5 Å². The number of carbonyl (C=O) groups excluding carboxylic acids is 1. The highest BCUT2D eigenvalue weighted by Crippen LogP contribution is 2.26. The molecule has 0 bridgehead atoms. The molecule has 148 valence electrons. The number of hydrogen-bond acceptors (Lipinski definition) is 4. The second-order valence-corrected chi connectivity index (χ2v) is 7.36. The average molecular weight is 388 g/mol. The molecule has 6 nitrogen and oxygen atoms in total. The van der Waals surface area contributed by atoms with Crippen LogP contribution in [-0.2, 0) is 11.3 Å². The van der Waals surface area contributed by atoms with Crippen LogP contribution >= 0.6 is 0 Å². The van der Waals surface area contributed by atoms with Crippen molar-refractivity contribution in [2.24, 2.45) is 4.99 Å². The summed E-state index contributed by atoms with van der Waals surface area (Å²) in [4.78, 5) is 21.2. The Morgan fingerprint density at radius 2 is 1.79 bits per heavy atom. The Morgan fingerprint density at radius 1 is 1.03 bits per heavy atom. The molecule has 0 atom stereocenters. The average Bonchev–Trinajstić information content (AvgIpc) is 3.04. The lowest BCUT2D eigenvalue weighted by molar-refractivity contribution is 0.0897. The molecular formula is C23H24N4O2. The Labute approximate surface area is 169 Å². The van der Waals surface area contributed by atoms with Gasteiger partial charge in [-0.3, -0.25) is 9.56 Å². The summed E-state index contributed by atoms with van der Waals surface area (Å²) in [6.45, 7) is 5.71. The summed E-state index contributed by atoms with van der Waals surface area (Å²) in [5.41, 5.74) is 2.38. The van der Waals surface area contributed by atoms with E-state index in [1.807, 2.05) is 13.0 Å². The molecule has 0 N–H and O–H groups in total. The fraction of sp³-hybridized carbons (Fsp3) is 0.304. The molecule has 1 amide bonds. The lowest BCUT2D eigenvalue weighted by Gasteiger charge is -2.37. The molecule has 29 heavy (non-hydrogen) atoms. The summed E-state index contributed by atoms with van der Waals surface area (Å²) in [6.07, 6.45) is -0.222. The third kappa shape index (κ3) is 3.05. The SMILES string of the molecule is CCOC(=O)N1CCN(C2=c3ccccc3=NCc3cc4ccccc4n32)CC1. The van der Waals surface area contributed by atoms with Crippen LogP contribution in [0.15, 0.2) is 59.6 Å². The minimum absolute atomic E-state index is 0.222. The molecule has 5 rings (SSSR count). The van der Waals surface area contributed by atoms with Gasteiger partial charge in [0.05, 0.1) is 24.0 Å². The number of amides is 1. The molecule has 0 aliphatic carbocycles. The van der Waals surface area contributed by atoms with Crippen molar-refractivity contribution < 1.29 is 9.53 Å². The quantitative estimate of drug-likeness (QED) is 0.676. The van der Waals surface area contributed by atoms with E-state index in [0.29, 0.717) is 26.2 Å². The first-order chi connectivity index (χ1) is 14.3. The summed E-state index contributed by atoms with van der Waals surface area (Å²) < 4.78 is 7.53. The number of para-hydroxylation sites is 2.